The fourth-order valence-corrected chi connectivity index (χ4v) is 9.28. The highest BCUT2D eigenvalue weighted by atomic mass is 16.7. The first-order valence-corrected chi connectivity index (χ1v) is 14.0. The van der Waals surface area contributed by atoms with E-state index in [-0.39, 0.29) is 23.3 Å². The number of alkyl carbamates (subject to hydrolysis) is 1. The molecule has 3 aliphatic heterocycles. The summed E-state index contributed by atoms with van der Waals surface area (Å²) in [7, 11) is 3.75. The number of fused-ring (bicyclic) bond motifs is 4. The molecule has 2 saturated heterocycles. The lowest BCUT2D eigenvalue weighted by Gasteiger charge is -2.56. The highest BCUT2D eigenvalue weighted by Crippen LogP contribution is 2.56. The van der Waals surface area contributed by atoms with Gasteiger partial charge in [0.15, 0.2) is 6.10 Å². The predicted molar refractivity (Wildman–Crippen MR) is 130 cm³/mol. The fraction of sp³-hybridized carbons (Fsp3) is 0.821. The summed E-state index contributed by atoms with van der Waals surface area (Å²) in [5.41, 5.74) is -0.359. The van der Waals surface area contributed by atoms with E-state index in [2.05, 4.69) is 5.32 Å². The molecule has 9 heteroatoms. The molecule has 1 amide bonds. The monoisotopic (exact) mass is 514 g/mol. The van der Waals surface area contributed by atoms with Gasteiger partial charge in [-0.15, -0.1) is 0 Å². The number of ether oxygens (including phenoxy) is 4. The van der Waals surface area contributed by atoms with Gasteiger partial charge in [0.2, 0.25) is 0 Å². The van der Waals surface area contributed by atoms with E-state index in [0.29, 0.717) is 29.7 Å². The summed E-state index contributed by atoms with van der Waals surface area (Å²) in [6.45, 7) is 3.81. The molecule has 3 heterocycles. The highest BCUT2D eigenvalue weighted by Gasteiger charge is 2.65. The standard InChI is InChI=1S/C28H38N2O7/c1-13-20-18-8-17(25(32)34-18)21(30(3)4)22(23-27(2,37-23)12-19(20)35-24(13)31)36-26(33)29-28-9-14-5-15(10-28)7-16(6-14)11-28/h8,13-16,18-23H,5-7,9-12H2,1-4H3,(H,29,33)/t13?,14?,15?,16?,18-,19+,20+,21-,22-,23+,27+,28?/m1/s1. The first kappa shape index (κ1) is 23.9. The van der Waals surface area contributed by atoms with Crippen molar-refractivity contribution in [2.75, 3.05) is 14.1 Å². The van der Waals surface area contributed by atoms with E-state index in [9.17, 15) is 14.4 Å². The van der Waals surface area contributed by atoms with Crippen LogP contribution in [0.2, 0.25) is 0 Å². The van der Waals surface area contributed by atoms with Crippen molar-refractivity contribution in [2.24, 2.45) is 29.6 Å². The minimum atomic E-state index is -0.711. The lowest BCUT2D eigenvalue weighted by Crippen LogP contribution is -2.61. The number of hydrogen-bond acceptors (Lipinski definition) is 8. The van der Waals surface area contributed by atoms with Crippen molar-refractivity contribution in [3.8, 4) is 0 Å². The number of hydrogen-bond donors (Lipinski definition) is 1. The average Bonchev–Trinajstić information content (AvgIpc) is 3.18. The third-order valence-corrected chi connectivity index (χ3v) is 10.5. The summed E-state index contributed by atoms with van der Waals surface area (Å²) in [6.07, 6.45) is 6.68. The number of nitrogens with zero attached hydrogens (tertiary/aromatic N) is 1. The third kappa shape index (κ3) is 3.74. The van der Waals surface area contributed by atoms with Crippen LogP contribution in [0.15, 0.2) is 11.6 Å². The van der Waals surface area contributed by atoms with Crippen molar-refractivity contribution in [1.82, 2.24) is 10.2 Å². The average molecular weight is 515 g/mol. The second-order valence-electron chi connectivity index (χ2n) is 13.5. The van der Waals surface area contributed by atoms with E-state index in [1.807, 2.05) is 38.9 Å². The van der Waals surface area contributed by atoms with Crippen LogP contribution in [0.1, 0.15) is 58.8 Å². The van der Waals surface area contributed by atoms with Crippen LogP contribution < -0.4 is 5.32 Å². The topological polar surface area (TPSA) is 107 Å². The Hall–Kier alpha value is -2.13. The quantitative estimate of drug-likeness (QED) is 0.348. The smallest absolute Gasteiger partial charge is 0.408 e. The molecular weight excluding hydrogens is 476 g/mol. The fourth-order valence-electron chi connectivity index (χ4n) is 9.28. The van der Waals surface area contributed by atoms with Crippen LogP contribution in [-0.4, -0.2) is 78.6 Å². The van der Waals surface area contributed by atoms with E-state index in [1.165, 1.54) is 19.3 Å². The Bertz CT molecular complexity index is 1040. The molecule has 8 aliphatic rings. The summed E-state index contributed by atoms with van der Waals surface area (Å²) < 4.78 is 24.0. The zero-order valence-corrected chi connectivity index (χ0v) is 22.1. The van der Waals surface area contributed by atoms with Gasteiger partial charge in [0.25, 0.3) is 0 Å². The molecule has 0 aromatic rings. The Morgan fingerprint density at radius 1 is 1.05 bits per heavy atom. The number of carbonyl (C=O) groups is 3. The van der Waals surface area contributed by atoms with Crippen molar-refractivity contribution < 1.29 is 33.3 Å². The number of carbonyl (C=O) groups excluding carboxylic acids is 3. The molecule has 5 aliphatic carbocycles. The molecule has 0 aromatic heterocycles. The predicted octanol–water partition coefficient (Wildman–Crippen LogP) is 2.57. The molecule has 6 bridgehead atoms. The summed E-state index contributed by atoms with van der Waals surface area (Å²) >= 11 is 0. The molecule has 0 aromatic carbocycles. The maximum Gasteiger partial charge on any atom is 0.408 e. The number of nitrogens with one attached hydrogen (secondary N) is 1. The number of rotatable bonds is 3. The Balaban J connectivity index is 1.18. The maximum atomic E-state index is 13.5. The molecule has 6 fully saturated rings. The van der Waals surface area contributed by atoms with Gasteiger partial charge in [-0.3, -0.25) is 9.69 Å². The van der Waals surface area contributed by atoms with Crippen molar-refractivity contribution in [3.05, 3.63) is 11.6 Å². The molecule has 8 rings (SSSR count). The molecule has 1 unspecified atom stereocenters. The maximum absolute atomic E-state index is 13.5. The van der Waals surface area contributed by atoms with E-state index in [4.69, 9.17) is 18.9 Å². The van der Waals surface area contributed by atoms with Crippen LogP contribution in [0.4, 0.5) is 4.79 Å². The summed E-state index contributed by atoms with van der Waals surface area (Å²) in [6, 6.07) is -0.531. The lowest BCUT2D eigenvalue weighted by atomic mass is 9.53. The van der Waals surface area contributed by atoms with Crippen LogP contribution in [0.3, 0.4) is 0 Å². The Morgan fingerprint density at radius 3 is 2.32 bits per heavy atom. The van der Waals surface area contributed by atoms with E-state index < -0.39 is 48.1 Å². The van der Waals surface area contributed by atoms with Gasteiger partial charge in [-0.25, -0.2) is 9.59 Å². The second-order valence-corrected chi connectivity index (χ2v) is 13.5. The number of likely N-dealkylation sites (N-methyl/N-ethyl adjacent to an activating group) is 1. The van der Waals surface area contributed by atoms with E-state index >= 15 is 0 Å². The second kappa shape index (κ2) is 7.94. The first-order valence-electron chi connectivity index (χ1n) is 14.0. The van der Waals surface area contributed by atoms with E-state index in [0.717, 1.165) is 19.3 Å². The van der Waals surface area contributed by atoms with Crippen LogP contribution in [0.25, 0.3) is 0 Å². The van der Waals surface area contributed by atoms with Gasteiger partial charge in [0.1, 0.15) is 18.3 Å². The third-order valence-electron chi connectivity index (χ3n) is 10.5. The highest BCUT2D eigenvalue weighted by molar-refractivity contribution is 5.93. The molecule has 202 valence electrons. The van der Waals surface area contributed by atoms with Crippen molar-refractivity contribution in [2.45, 2.75) is 100 Å². The van der Waals surface area contributed by atoms with Crippen molar-refractivity contribution in [3.63, 3.8) is 0 Å². The summed E-state index contributed by atoms with van der Waals surface area (Å²) in [4.78, 5) is 41.1. The van der Waals surface area contributed by atoms with Crippen molar-refractivity contribution in [1.29, 1.82) is 0 Å². The lowest BCUT2D eigenvalue weighted by molar-refractivity contribution is -0.144. The van der Waals surface area contributed by atoms with Gasteiger partial charge in [0, 0.05) is 17.9 Å². The molecule has 9 nitrogen and oxygen atoms in total. The Kier molecular flexibility index (Phi) is 5.14. The van der Waals surface area contributed by atoms with Crippen LogP contribution in [0.5, 0.6) is 0 Å². The SMILES string of the molecule is CC1C(=O)O[C@H]2C[C@]3(C)O[C@H]3[C@H](OC(=O)NC34CC5CC(CC(C5)C3)C4)[C@H](N(C)C)C3=C[C@@H](OC3=O)[C@H]12. The molecule has 37 heavy (non-hydrogen) atoms. The van der Waals surface area contributed by atoms with Gasteiger partial charge < -0.3 is 24.3 Å². The largest absolute Gasteiger partial charge is 0.462 e. The molecule has 1 N–H and O–H groups in total. The number of amides is 1. The number of epoxide rings is 1. The molecular formula is C28H38N2O7. The first-order chi connectivity index (χ1) is 17.5. The molecule has 0 spiro atoms. The molecule has 8 atom stereocenters. The van der Waals surface area contributed by atoms with Gasteiger partial charge >= 0.3 is 18.0 Å². The normalized spacial score (nSPS) is 51.1. The van der Waals surface area contributed by atoms with Gasteiger partial charge in [0.05, 0.1) is 23.1 Å². The summed E-state index contributed by atoms with van der Waals surface area (Å²) in [5, 5.41) is 3.31. The van der Waals surface area contributed by atoms with Crippen LogP contribution >= 0.6 is 0 Å². The van der Waals surface area contributed by atoms with Crippen LogP contribution in [-0.2, 0) is 28.5 Å². The van der Waals surface area contributed by atoms with E-state index in [1.54, 1.807) is 0 Å². The number of esters is 2. The summed E-state index contributed by atoms with van der Waals surface area (Å²) in [5.74, 6) is 0.733. The molecule has 0 radical (unpaired) electrons. The zero-order chi connectivity index (χ0) is 25.9. The van der Waals surface area contributed by atoms with Gasteiger partial charge in [-0.2, -0.15) is 0 Å². The Labute approximate surface area is 217 Å². The zero-order valence-electron chi connectivity index (χ0n) is 22.1. The Morgan fingerprint density at radius 2 is 1.70 bits per heavy atom. The minimum absolute atomic E-state index is 0.179. The van der Waals surface area contributed by atoms with Crippen molar-refractivity contribution >= 4 is 18.0 Å². The van der Waals surface area contributed by atoms with Crippen LogP contribution in [0, 0.1) is 29.6 Å². The van der Waals surface area contributed by atoms with Gasteiger partial charge in [-0.1, -0.05) is 6.92 Å². The minimum Gasteiger partial charge on any atom is -0.462 e. The molecule has 4 saturated carbocycles. The van der Waals surface area contributed by atoms with Gasteiger partial charge in [-0.05, 0) is 83.4 Å².